The highest BCUT2D eigenvalue weighted by atomic mass is 79.9. The molecule has 1 aromatic carbocycles. The summed E-state index contributed by atoms with van der Waals surface area (Å²) in [5, 5.41) is 3.10. The Morgan fingerprint density at radius 3 is 2.58 bits per heavy atom. The molecule has 0 radical (unpaired) electrons. The molecule has 1 aliphatic rings. The molecule has 1 N–H and O–H groups in total. The first kappa shape index (κ1) is 14.7. The molecule has 5 heteroatoms. The van der Waals surface area contributed by atoms with Gasteiger partial charge in [0.2, 0.25) is 0 Å². The quantitative estimate of drug-likeness (QED) is 0.774. The molecule has 1 nitrogen and oxygen atoms in total. The van der Waals surface area contributed by atoms with Gasteiger partial charge in [0.05, 0.1) is 5.92 Å². The maximum Gasteiger partial charge on any atom is 0.393 e. The third-order valence-electron chi connectivity index (χ3n) is 3.79. The van der Waals surface area contributed by atoms with Crippen molar-refractivity contribution in [3.63, 3.8) is 0 Å². The number of nitrogens with one attached hydrogen (secondary N) is 1. The molecule has 0 aliphatic heterocycles. The molecule has 0 bridgehead atoms. The Morgan fingerprint density at radius 2 is 1.89 bits per heavy atom. The molecule has 106 valence electrons. The smallest absolute Gasteiger partial charge is 0.381 e. The van der Waals surface area contributed by atoms with E-state index in [-0.39, 0.29) is 6.42 Å². The van der Waals surface area contributed by atoms with Crippen LogP contribution in [-0.4, -0.2) is 12.2 Å². The molecule has 0 aromatic heterocycles. The molecule has 0 saturated heterocycles. The standard InChI is InChI=1S/C14H17BrF3N/c1-9-11(15)6-4-8-12(9)19-13-7-3-2-5-10(13)14(16,17)18/h4,6,8,10,13,19H,2-3,5,7H2,1H3. The first-order chi connectivity index (χ1) is 8.89. The summed E-state index contributed by atoms with van der Waals surface area (Å²) in [5.41, 5.74) is 1.74. The van der Waals surface area contributed by atoms with Crippen LogP contribution in [0.4, 0.5) is 18.9 Å². The van der Waals surface area contributed by atoms with E-state index in [0.717, 1.165) is 22.1 Å². The molecule has 0 heterocycles. The zero-order valence-electron chi connectivity index (χ0n) is 10.7. The molecule has 2 atom stereocenters. The SMILES string of the molecule is Cc1c(Br)cccc1NC1CCCCC1C(F)(F)F. The number of hydrogen-bond acceptors (Lipinski definition) is 1. The van der Waals surface area contributed by atoms with E-state index < -0.39 is 18.1 Å². The van der Waals surface area contributed by atoms with Gasteiger partial charge in [-0.2, -0.15) is 13.2 Å². The molecule has 1 saturated carbocycles. The Balaban J connectivity index is 2.18. The van der Waals surface area contributed by atoms with Gasteiger partial charge < -0.3 is 5.32 Å². The monoisotopic (exact) mass is 335 g/mol. The van der Waals surface area contributed by atoms with Crippen LogP contribution in [-0.2, 0) is 0 Å². The maximum atomic E-state index is 13.0. The lowest BCUT2D eigenvalue weighted by Crippen LogP contribution is -2.41. The predicted molar refractivity (Wildman–Crippen MR) is 74.3 cm³/mol. The maximum absolute atomic E-state index is 13.0. The molecular formula is C14H17BrF3N. The van der Waals surface area contributed by atoms with Crippen molar-refractivity contribution in [2.45, 2.75) is 44.8 Å². The van der Waals surface area contributed by atoms with Crippen molar-refractivity contribution in [2.75, 3.05) is 5.32 Å². The molecule has 1 aliphatic carbocycles. The first-order valence-corrected chi connectivity index (χ1v) is 7.27. The average Bonchev–Trinajstić information content (AvgIpc) is 2.34. The number of anilines is 1. The van der Waals surface area contributed by atoms with E-state index in [0.29, 0.717) is 12.8 Å². The number of hydrogen-bond donors (Lipinski definition) is 1. The van der Waals surface area contributed by atoms with Crippen LogP contribution in [0.25, 0.3) is 0 Å². The van der Waals surface area contributed by atoms with Gasteiger partial charge in [-0.15, -0.1) is 0 Å². The van der Waals surface area contributed by atoms with Gasteiger partial charge in [-0.05, 0) is 37.5 Å². The Bertz CT molecular complexity index is 445. The van der Waals surface area contributed by atoms with Gasteiger partial charge in [0.25, 0.3) is 0 Å². The van der Waals surface area contributed by atoms with Crippen LogP contribution in [0, 0.1) is 12.8 Å². The zero-order valence-corrected chi connectivity index (χ0v) is 12.3. The summed E-state index contributed by atoms with van der Waals surface area (Å²) in [6, 6.07) is 5.05. The van der Waals surface area contributed by atoms with Gasteiger partial charge in [0.15, 0.2) is 0 Å². The van der Waals surface area contributed by atoms with Gasteiger partial charge in [-0.25, -0.2) is 0 Å². The second-order valence-corrected chi connectivity index (χ2v) is 5.95. The highest BCUT2D eigenvalue weighted by molar-refractivity contribution is 9.10. The van der Waals surface area contributed by atoms with Crippen LogP contribution >= 0.6 is 15.9 Å². The van der Waals surface area contributed by atoms with Crippen LogP contribution in [0.2, 0.25) is 0 Å². The summed E-state index contributed by atoms with van der Waals surface area (Å²) in [5.74, 6) is -1.24. The second-order valence-electron chi connectivity index (χ2n) is 5.10. The lowest BCUT2D eigenvalue weighted by atomic mass is 9.83. The minimum atomic E-state index is -4.11. The Kier molecular flexibility index (Phi) is 4.43. The van der Waals surface area contributed by atoms with E-state index in [2.05, 4.69) is 21.2 Å². The molecular weight excluding hydrogens is 319 g/mol. The zero-order chi connectivity index (χ0) is 14.0. The van der Waals surface area contributed by atoms with Crippen LogP contribution in [0.15, 0.2) is 22.7 Å². The summed E-state index contributed by atoms with van der Waals surface area (Å²) >= 11 is 3.40. The number of benzene rings is 1. The van der Waals surface area contributed by atoms with Crippen LogP contribution in [0.5, 0.6) is 0 Å². The number of rotatable bonds is 2. The molecule has 2 unspecified atom stereocenters. The van der Waals surface area contributed by atoms with E-state index in [4.69, 9.17) is 0 Å². The fraction of sp³-hybridized carbons (Fsp3) is 0.571. The van der Waals surface area contributed by atoms with Crippen molar-refractivity contribution in [3.05, 3.63) is 28.2 Å². The third-order valence-corrected chi connectivity index (χ3v) is 4.65. The fourth-order valence-corrected chi connectivity index (χ4v) is 3.03. The first-order valence-electron chi connectivity index (χ1n) is 6.48. The average molecular weight is 336 g/mol. The van der Waals surface area contributed by atoms with Crippen LogP contribution in [0.3, 0.4) is 0 Å². The third kappa shape index (κ3) is 3.44. The number of alkyl halides is 3. The van der Waals surface area contributed by atoms with Crippen molar-refractivity contribution in [1.82, 2.24) is 0 Å². The van der Waals surface area contributed by atoms with Crippen molar-refractivity contribution in [2.24, 2.45) is 5.92 Å². The summed E-state index contributed by atoms with van der Waals surface area (Å²) in [7, 11) is 0. The van der Waals surface area contributed by atoms with E-state index in [1.54, 1.807) is 0 Å². The number of halogens is 4. The van der Waals surface area contributed by atoms with Crippen LogP contribution < -0.4 is 5.32 Å². The Morgan fingerprint density at radius 1 is 1.21 bits per heavy atom. The summed E-state index contributed by atoms with van der Waals surface area (Å²) in [4.78, 5) is 0. The van der Waals surface area contributed by atoms with Gasteiger partial charge in [-0.1, -0.05) is 34.8 Å². The lowest BCUT2D eigenvalue weighted by Gasteiger charge is -2.34. The molecule has 0 amide bonds. The second kappa shape index (κ2) is 5.73. The van der Waals surface area contributed by atoms with Gasteiger partial charge in [0.1, 0.15) is 0 Å². The van der Waals surface area contributed by atoms with Gasteiger partial charge in [-0.3, -0.25) is 0 Å². The van der Waals surface area contributed by atoms with Crippen molar-refractivity contribution < 1.29 is 13.2 Å². The Labute approximate surface area is 119 Å². The minimum absolute atomic E-state index is 0.230. The van der Waals surface area contributed by atoms with Crippen molar-refractivity contribution >= 4 is 21.6 Å². The topological polar surface area (TPSA) is 12.0 Å². The van der Waals surface area contributed by atoms with E-state index in [1.807, 2.05) is 25.1 Å². The molecule has 1 aromatic rings. The van der Waals surface area contributed by atoms with Crippen LogP contribution in [0.1, 0.15) is 31.2 Å². The normalized spacial score (nSPS) is 24.3. The highest BCUT2D eigenvalue weighted by Gasteiger charge is 2.45. The van der Waals surface area contributed by atoms with E-state index in [1.165, 1.54) is 0 Å². The highest BCUT2D eigenvalue weighted by Crippen LogP contribution is 2.39. The van der Waals surface area contributed by atoms with E-state index in [9.17, 15) is 13.2 Å². The largest absolute Gasteiger partial charge is 0.393 e. The fourth-order valence-electron chi connectivity index (χ4n) is 2.66. The van der Waals surface area contributed by atoms with Gasteiger partial charge >= 0.3 is 6.18 Å². The molecule has 19 heavy (non-hydrogen) atoms. The summed E-state index contributed by atoms with van der Waals surface area (Å²) in [6.07, 6.45) is -1.78. The molecule has 0 spiro atoms. The van der Waals surface area contributed by atoms with E-state index >= 15 is 0 Å². The Hall–Kier alpha value is -0.710. The lowest BCUT2D eigenvalue weighted by molar-refractivity contribution is -0.184. The summed E-state index contributed by atoms with van der Waals surface area (Å²) < 4.78 is 40.0. The minimum Gasteiger partial charge on any atom is -0.381 e. The summed E-state index contributed by atoms with van der Waals surface area (Å²) in [6.45, 7) is 1.90. The predicted octanol–water partition coefficient (Wildman–Crippen LogP) is 5.29. The molecule has 2 rings (SSSR count). The van der Waals surface area contributed by atoms with Gasteiger partial charge in [0, 0.05) is 16.2 Å². The van der Waals surface area contributed by atoms with Crippen molar-refractivity contribution in [1.29, 1.82) is 0 Å². The molecule has 1 fully saturated rings. The van der Waals surface area contributed by atoms with Crippen molar-refractivity contribution in [3.8, 4) is 0 Å².